The molecule has 1 saturated heterocycles. The van der Waals surface area contributed by atoms with Crippen LogP contribution in [0, 0.1) is 11.8 Å². The lowest BCUT2D eigenvalue weighted by Crippen LogP contribution is -2.37. The predicted octanol–water partition coefficient (Wildman–Crippen LogP) is 1.97. The molecule has 3 heteroatoms. The highest BCUT2D eigenvalue weighted by molar-refractivity contribution is 5.78. The topological polar surface area (TPSA) is 38.3 Å². The molecule has 88 valence electrons. The zero-order chi connectivity index (χ0) is 11.1. The molecule has 3 nitrogen and oxygen atoms in total. The highest BCUT2D eigenvalue weighted by atomic mass is 16.5. The SMILES string of the molecule is CCC(CC)CNC(=O)C1CCCOC1. The molecule has 1 heterocycles. The van der Waals surface area contributed by atoms with Crippen molar-refractivity contribution in [3.8, 4) is 0 Å². The number of rotatable bonds is 5. The van der Waals surface area contributed by atoms with Crippen LogP contribution in [0.25, 0.3) is 0 Å². The molecule has 1 N–H and O–H groups in total. The van der Waals surface area contributed by atoms with Crippen molar-refractivity contribution in [2.24, 2.45) is 11.8 Å². The van der Waals surface area contributed by atoms with Crippen LogP contribution in [0.15, 0.2) is 0 Å². The van der Waals surface area contributed by atoms with Gasteiger partial charge in [0.05, 0.1) is 12.5 Å². The van der Waals surface area contributed by atoms with Gasteiger partial charge in [-0.2, -0.15) is 0 Å². The van der Waals surface area contributed by atoms with Gasteiger partial charge in [0.2, 0.25) is 5.91 Å². The van der Waals surface area contributed by atoms with Gasteiger partial charge in [-0.15, -0.1) is 0 Å². The van der Waals surface area contributed by atoms with Gasteiger partial charge < -0.3 is 10.1 Å². The fourth-order valence-electron chi connectivity index (χ4n) is 1.91. The van der Waals surface area contributed by atoms with Crippen LogP contribution < -0.4 is 5.32 Å². The maximum absolute atomic E-state index is 11.7. The summed E-state index contributed by atoms with van der Waals surface area (Å²) in [6, 6.07) is 0. The van der Waals surface area contributed by atoms with Gasteiger partial charge in [0.25, 0.3) is 0 Å². The van der Waals surface area contributed by atoms with Crippen molar-refractivity contribution in [1.82, 2.24) is 5.32 Å². The molecule has 0 spiro atoms. The van der Waals surface area contributed by atoms with E-state index in [4.69, 9.17) is 4.74 Å². The Balaban J connectivity index is 2.22. The van der Waals surface area contributed by atoms with Crippen molar-refractivity contribution >= 4 is 5.91 Å². The molecular formula is C12H23NO2. The predicted molar refractivity (Wildman–Crippen MR) is 60.6 cm³/mol. The van der Waals surface area contributed by atoms with Crippen molar-refractivity contribution in [3.63, 3.8) is 0 Å². The average molecular weight is 213 g/mol. The van der Waals surface area contributed by atoms with Crippen LogP contribution in [0.2, 0.25) is 0 Å². The Hall–Kier alpha value is -0.570. The molecule has 1 rings (SSSR count). The first-order valence-electron chi connectivity index (χ1n) is 6.13. The summed E-state index contributed by atoms with van der Waals surface area (Å²) in [5.41, 5.74) is 0. The molecule has 0 aromatic carbocycles. The van der Waals surface area contributed by atoms with Crippen molar-refractivity contribution in [1.29, 1.82) is 0 Å². The van der Waals surface area contributed by atoms with Gasteiger partial charge in [-0.1, -0.05) is 26.7 Å². The number of carbonyl (C=O) groups is 1. The molecule has 1 aliphatic heterocycles. The third-order valence-corrected chi connectivity index (χ3v) is 3.25. The highest BCUT2D eigenvalue weighted by Gasteiger charge is 2.21. The molecule has 1 amide bonds. The molecule has 15 heavy (non-hydrogen) atoms. The fraction of sp³-hybridized carbons (Fsp3) is 0.917. The van der Waals surface area contributed by atoms with Crippen LogP contribution >= 0.6 is 0 Å². The second-order valence-corrected chi connectivity index (χ2v) is 4.34. The van der Waals surface area contributed by atoms with Gasteiger partial charge in [0.15, 0.2) is 0 Å². The summed E-state index contributed by atoms with van der Waals surface area (Å²) in [5, 5.41) is 3.04. The maximum Gasteiger partial charge on any atom is 0.225 e. The molecule has 1 unspecified atom stereocenters. The van der Waals surface area contributed by atoms with E-state index in [1.54, 1.807) is 0 Å². The third-order valence-electron chi connectivity index (χ3n) is 3.25. The Morgan fingerprint density at radius 1 is 1.47 bits per heavy atom. The first-order valence-corrected chi connectivity index (χ1v) is 6.13. The Bertz CT molecular complexity index is 184. The van der Waals surface area contributed by atoms with E-state index in [1.165, 1.54) is 0 Å². The first-order chi connectivity index (χ1) is 7.27. The number of nitrogens with one attached hydrogen (secondary N) is 1. The average Bonchev–Trinajstić information content (AvgIpc) is 2.31. The minimum Gasteiger partial charge on any atom is -0.381 e. The Morgan fingerprint density at radius 2 is 2.20 bits per heavy atom. The summed E-state index contributed by atoms with van der Waals surface area (Å²) >= 11 is 0. The third kappa shape index (κ3) is 4.20. The van der Waals surface area contributed by atoms with E-state index < -0.39 is 0 Å². The zero-order valence-electron chi connectivity index (χ0n) is 9.92. The van der Waals surface area contributed by atoms with E-state index in [1.807, 2.05) is 0 Å². The highest BCUT2D eigenvalue weighted by Crippen LogP contribution is 2.14. The normalized spacial score (nSPS) is 21.7. The smallest absolute Gasteiger partial charge is 0.225 e. The van der Waals surface area contributed by atoms with Gasteiger partial charge in [-0.05, 0) is 18.8 Å². The van der Waals surface area contributed by atoms with E-state index in [0.29, 0.717) is 12.5 Å². The molecule has 0 aromatic rings. The van der Waals surface area contributed by atoms with Crippen LogP contribution in [-0.4, -0.2) is 25.7 Å². The minimum atomic E-state index is 0.0908. The summed E-state index contributed by atoms with van der Waals surface area (Å²) in [4.78, 5) is 11.7. The van der Waals surface area contributed by atoms with Crippen molar-refractivity contribution in [3.05, 3.63) is 0 Å². The number of hydrogen-bond donors (Lipinski definition) is 1. The van der Waals surface area contributed by atoms with Crippen LogP contribution in [-0.2, 0) is 9.53 Å². The number of ether oxygens (including phenoxy) is 1. The number of hydrogen-bond acceptors (Lipinski definition) is 2. The second-order valence-electron chi connectivity index (χ2n) is 4.34. The van der Waals surface area contributed by atoms with Gasteiger partial charge in [0, 0.05) is 13.2 Å². The van der Waals surface area contributed by atoms with Crippen molar-refractivity contribution in [2.75, 3.05) is 19.8 Å². The van der Waals surface area contributed by atoms with E-state index in [0.717, 1.165) is 38.8 Å². The molecule has 1 atom stereocenters. The zero-order valence-corrected chi connectivity index (χ0v) is 9.92. The molecule has 0 radical (unpaired) electrons. The van der Waals surface area contributed by atoms with Crippen LogP contribution in [0.4, 0.5) is 0 Å². The molecule has 0 aliphatic carbocycles. The van der Waals surface area contributed by atoms with Crippen molar-refractivity contribution < 1.29 is 9.53 Å². The Morgan fingerprint density at radius 3 is 2.73 bits per heavy atom. The summed E-state index contributed by atoms with van der Waals surface area (Å²) in [6.45, 7) is 6.58. The van der Waals surface area contributed by atoms with E-state index >= 15 is 0 Å². The van der Waals surface area contributed by atoms with Crippen LogP contribution in [0.3, 0.4) is 0 Å². The number of carbonyl (C=O) groups excluding carboxylic acids is 1. The minimum absolute atomic E-state index is 0.0908. The molecule has 0 aromatic heterocycles. The van der Waals surface area contributed by atoms with E-state index in [9.17, 15) is 4.79 Å². The van der Waals surface area contributed by atoms with Gasteiger partial charge >= 0.3 is 0 Å². The molecule has 0 saturated carbocycles. The number of amides is 1. The maximum atomic E-state index is 11.7. The Labute approximate surface area is 92.6 Å². The molecule has 0 bridgehead atoms. The first kappa shape index (κ1) is 12.5. The molecule has 1 fully saturated rings. The summed E-state index contributed by atoms with van der Waals surface area (Å²) in [7, 11) is 0. The second kappa shape index (κ2) is 6.83. The Kier molecular flexibility index (Phi) is 5.69. The lowest BCUT2D eigenvalue weighted by atomic mass is 10.00. The summed E-state index contributed by atoms with van der Waals surface area (Å²) in [6.07, 6.45) is 4.27. The largest absolute Gasteiger partial charge is 0.381 e. The van der Waals surface area contributed by atoms with Crippen molar-refractivity contribution in [2.45, 2.75) is 39.5 Å². The van der Waals surface area contributed by atoms with Gasteiger partial charge in [-0.3, -0.25) is 4.79 Å². The van der Waals surface area contributed by atoms with Crippen LogP contribution in [0.5, 0.6) is 0 Å². The monoisotopic (exact) mass is 213 g/mol. The van der Waals surface area contributed by atoms with E-state index in [2.05, 4.69) is 19.2 Å². The standard InChI is InChI=1S/C12H23NO2/c1-3-10(4-2)8-13-12(14)11-6-5-7-15-9-11/h10-11H,3-9H2,1-2H3,(H,13,14). The molecule has 1 aliphatic rings. The van der Waals surface area contributed by atoms with Gasteiger partial charge in [-0.25, -0.2) is 0 Å². The fourth-order valence-corrected chi connectivity index (χ4v) is 1.91. The molecular weight excluding hydrogens is 190 g/mol. The summed E-state index contributed by atoms with van der Waals surface area (Å²) in [5.74, 6) is 0.896. The quantitative estimate of drug-likeness (QED) is 0.758. The van der Waals surface area contributed by atoms with Crippen LogP contribution in [0.1, 0.15) is 39.5 Å². The van der Waals surface area contributed by atoms with Gasteiger partial charge in [0.1, 0.15) is 0 Å². The lowest BCUT2D eigenvalue weighted by Gasteiger charge is -2.22. The lowest BCUT2D eigenvalue weighted by molar-refractivity contribution is -0.129. The van der Waals surface area contributed by atoms with E-state index in [-0.39, 0.29) is 11.8 Å². The summed E-state index contributed by atoms with van der Waals surface area (Å²) < 4.78 is 5.30.